The molecule has 0 aliphatic heterocycles. The van der Waals surface area contributed by atoms with Gasteiger partial charge in [-0.15, -0.1) is 0 Å². The Bertz CT molecular complexity index is 815. The number of aromatic nitrogens is 1. The summed E-state index contributed by atoms with van der Waals surface area (Å²) >= 11 is 0. The van der Waals surface area contributed by atoms with Gasteiger partial charge in [-0.2, -0.15) is 0 Å². The van der Waals surface area contributed by atoms with Gasteiger partial charge in [-0.1, -0.05) is 43.5 Å². The fraction of sp³-hybridized carbons (Fsp3) is 0.364. The van der Waals surface area contributed by atoms with Gasteiger partial charge in [0.25, 0.3) is 0 Å². The van der Waals surface area contributed by atoms with Gasteiger partial charge in [0.1, 0.15) is 11.3 Å². The van der Waals surface area contributed by atoms with Gasteiger partial charge in [0.05, 0.1) is 6.61 Å². The van der Waals surface area contributed by atoms with E-state index in [1.165, 1.54) is 12.1 Å². The highest BCUT2D eigenvalue weighted by Crippen LogP contribution is 2.19. The molecule has 27 heavy (non-hydrogen) atoms. The van der Waals surface area contributed by atoms with Crippen molar-refractivity contribution in [2.45, 2.75) is 45.4 Å². The number of hydrogen-bond donors (Lipinski definition) is 1. The highest BCUT2D eigenvalue weighted by molar-refractivity contribution is 5.86. The van der Waals surface area contributed by atoms with Crippen LogP contribution < -0.4 is 10.5 Å². The van der Waals surface area contributed by atoms with E-state index in [0.29, 0.717) is 18.0 Å². The number of para-hydroxylation sites is 1. The van der Waals surface area contributed by atoms with Gasteiger partial charge in [-0.05, 0) is 43.9 Å². The van der Waals surface area contributed by atoms with E-state index in [2.05, 4.69) is 11.1 Å². The minimum atomic E-state index is -0.414. The quantitative estimate of drug-likeness (QED) is 0.341. The molecule has 1 aromatic carbocycles. The summed E-state index contributed by atoms with van der Waals surface area (Å²) in [5.74, 6) is -0.271. The molecule has 0 aliphatic rings. The van der Waals surface area contributed by atoms with Crippen LogP contribution >= 0.6 is 0 Å². The Labute approximate surface area is 159 Å². The minimum Gasteiger partial charge on any atom is -0.478 e. The second-order valence-corrected chi connectivity index (χ2v) is 6.56. The molecule has 1 heterocycles. The van der Waals surface area contributed by atoms with Crippen LogP contribution in [0.3, 0.4) is 0 Å². The molecule has 0 saturated carbocycles. The van der Waals surface area contributed by atoms with Gasteiger partial charge in [-0.25, -0.2) is 9.37 Å². The van der Waals surface area contributed by atoms with E-state index < -0.39 is 5.91 Å². The predicted molar refractivity (Wildman–Crippen MR) is 107 cm³/mol. The van der Waals surface area contributed by atoms with E-state index in [-0.39, 0.29) is 5.82 Å². The molecular weight excluding hydrogens is 343 g/mol. The summed E-state index contributed by atoms with van der Waals surface area (Å²) in [5, 5.41) is 0.775. The standard InChI is InChI=1S/C22H27FN2O2/c1-17(16-20(24)26)10-7-5-3-2-4-6-8-15-27-21-14-13-18-11-9-12-19(23)22(18)25-21/h7,9-14,16H,2-6,8,15H2,1H3,(H2,24,26). The fourth-order valence-electron chi connectivity index (χ4n) is 2.79. The second-order valence-electron chi connectivity index (χ2n) is 6.56. The number of ether oxygens (including phenoxy) is 1. The zero-order valence-corrected chi connectivity index (χ0v) is 15.8. The van der Waals surface area contributed by atoms with Gasteiger partial charge in [0.2, 0.25) is 11.8 Å². The molecule has 2 aromatic rings. The third kappa shape index (κ3) is 7.60. The number of amides is 1. The molecule has 0 atom stereocenters. The van der Waals surface area contributed by atoms with Crippen molar-refractivity contribution in [3.63, 3.8) is 0 Å². The van der Waals surface area contributed by atoms with Crippen molar-refractivity contribution in [2.75, 3.05) is 6.61 Å². The molecule has 0 bridgehead atoms. The van der Waals surface area contributed by atoms with Crippen molar-refractivity contribution in [1.29, 1.82) is 0 Å². The van der Waals surface area contributed by atoms with Crippen LogP contribution in [0.1, 0.15) is 45.4 Å². The van der Waals surface area contributed by atoms with Crippen molar-refractivity contribution >= 4 is 16.8 Å². The van der Waals surface area contributed by atoms with Crippen molar-refractivity contribution in [3.8, 4) is 5.88 Å². The van der Waals surface area contributed by atoms with Gasteiger partial charge < -0.3 is 10.5 Å². The summed E-state index contributed by atoms with van der Waals surface area (Å²) in [5.41, 5.74) is 6.32. The van der Waals surface area contributed by atoms with Crippen LogP contribution in [0.4, 0.5) is 4.39 Å². The molecule has 1 amide bonds. The summed E-state index contributed by atoms with van der Waals surface area (Å²) < 4.78 is 19.4. The Hall–Kier alpha value is -2.69. The van der Waals surface area contributed by atoms with E-state index >= 15 is 0 Å². The first-order chi connectivity index (χ1) is 13.1. The third-order valence-corrected chi connectivity index (χ3v) is 4.16. The fourth-order valence-corrected chi connectivity index (χ4v) is 2.79. The monoisotopic (exact) mass is 370 g/mol. The van der Waals surface area contributed by atoms with E-state index in [9.17, 15) is 9.18 Å². The first-order valence-electron chi connectivity index (χ1n) is 9.38. The average Bonchev–Trinajstić information content (AvgIpc) is 2.63. The highest BCUT2D eigenvalue weighted by atomic mass is 19.1. The van der Waals surface area contributed by atoms with Crippen LogP contribution in [-0.4, -0.2) is 17.5 Å². The maximum absolute atomic E-state index is 13.7. The summed E-state index contributed by atoms with van der Waals surface area (Å²) in [4.78, 5) is 15.0. The number of fused-ring (bicyclic) bond motifs is 1. The Morgan fingerprint density at radius 2 is 1.93 bits per heavy atom. The van der Waals surface area contributed by atoms with Gasteiger partial charge in [0.15, 0.2) is 0 Å². The molecule has 0 spiro atoms. The average molecular weight is 370 g/mol. The molecule has 0 aliphatic carbocycles. The smallest absolute Gasteiger partial charge is 0.241 e. The lowest BCUT2D eigenvalue weighted by Crippen LogP contribution is -2.06. The molecule has 4 nitrogen and oxygen atoms in total. The molecule has 0 radical (unpaired) electrons. The van der Waals surface area contributed by atoms with Gasteiger partial charge >= 0.3 is 0 Å². The maximum Gasteiger partial charge on any atom is 0.241 e. The Balaban J connectivity index is 1.57. The number of nitrogens with two attached hydrogens (primary N) is 1. The number of nitrogens with zero attached hydrogens (tertiary/aromatic N) is 1. The normalized spacial score (nSPS) is 12.0. The van der Waals surface area contributed by atoms with Crippen LogP contribution in [0.5, 0.6) is 5.88 Å². The Kier molecular flexibility index (Phi) is 8.49. The van der Waals surface area contributed by atoms with Crippen molar-refractivity contribution in [1.82, 2.24) is 4.98 Å². The molecule has 0 saturated heterocycles. The van der Waals surface area contributed by atoms with Crippen molar-refractivity contribution in [2.24, 2.45) is 5.73 Å². The van der Waals surface area contributed by atoms with Crippen LogP contribution in [-0.2, 0) is 4.79 Å². The topological polar surface area (TPSA) is 65.2 Å². The minimum absolute atomic E-state index is 0.327. The molecule has 2 N–H and O–H groups in total. The summed E-state index contributed by atoms with van der Waals surface area (Å²) in [7, 11) is 0. The Morgan fingerprint density at radius 3 is 2.74 bits per heavy atom. The number of benzene rings is 1. The lowest BCUT2D eigenvalue weighted by molar-refractivity contribution is -0.113. The number of rotatable bonds is 11. The SMILES string of the molecule is CC(C=CCCCCCCCOc1ccc2cccc(F)c2n1)=CC(N)=O. The number of carbonyl (C=O) groups is 1. The van der Waals surface area contributed by atoms with Crippen LogP contribution in [0.25, 0.3) is 10.9 Å². The molecule has 1 aromatic heterocycles. The zero-order valence-electron chi connectivity index (χ0n) is 15.8. The lowest BCUT2D eigenvalue weighted by atomic mass is 10.1. The molecule has 0 fully saturated rings. The van der Waals surface area contributed by atoms with Crippen LogP contribution in [0.15, 0.2) is 54.1 Å². The number of primary amides is 1. The van der Waals surface area contributed by atoms with Crippen LogP contribution in [0.2, 0.25) is 0 Å². The maximum atomic E-state index is 13.7. The van der Waals surface area contributed by atoms with Crippen molar-refractivity contribution in [3.05, 3.63) is 60.0 Å². The number of pyridine rings is 1. The molecular formula is C22H27FN2O2. The summed E-state index contributed by atoms with van der Waals surface area (Å²) in [6.07, 6.45) is 11.9. The predicted octanol–water partition coefficient (Wildman–Crippen LogP) is 5.08. The summed E-state index contributed by atoms with van der Waals surface area (Å²) in [6.45, 7) is 2.45. The van der Waals surface area contributed by atoms with E-state index in [4.69, 9.17) is 10.5 Å². The Morgan fingerprint density at radius 1 is 1.15 bits per heavy atom. The number of hydrogen-bond acceptors (Lipinski definition) is 3. The molecule has 0 unspecified atom stereocenters. The number of halogens is 1. The van der Waals surface area contributed by atoms with Gasteiger partial charge in [0, 0.05) is 17.5 Å². The highest BCUT2D eigenvalue weighted by Gasteiger charge is 2.03. The van der Waals surface area contributed by atoms with Crippen molar-refractivity contribution < 1.29 is 13.9 Å². The molecule has 2 rings (SSSR count). The number of allylic oxidation sites excluding steroid dienone is 3. The number of carbonyl (C=O) groups excluding carboxylic acids is 1. The molecule has 144 valence electrons. The van der Waals surface area contributed by atoms with E-state index in [1.807, 2.05) is 25.1 Å². The van der Waals surface area contributed by atoms with Crippen LogP contribution in [0, 0.1) is 5.82 Å². The largest absolute Gasteiger partial charge is 0.478 e. The number of unbranched alkanes of at least 4 members (excludes halogenated alkanes) is 5. The first kappa shape index (κ1) is 20.6. The second kappa shape index (κ2) is 11.1. The molecule has 5 heteroatoms. The van der Waals surface area contributed by atoms with Gasteiger partial charge in [-0.3, -0.25) is 4.79 Å². The third-order valence-electron chi connectivity index (χ3n) is 4.16. The van der Waals surface area contributed by atoms with E-state index in [1.54, 1.807) is 12.1 Å². The first-order valence-corrected chi connectivity index (χ1v) is 9.38. The zero-order chi connectivity index (χ0) is 19.5. The van der Waals surface area contributed by atoms with E-state index in [0.717, 1.165) is 49.5 Å². The summed E-state index contributed by atoms with van der Waals surface area (Å²) in [6, 6.07) is 8.52. The lowest BCUT2D eigenvalue weighted by Gasteiger charge is -2.06.